The summed E-state index contributed by atoms with van der Waals surface area (Å²) in [4.78, 5) is 0.265. The second-order valence-corrected chi connectivity index (χ2v) is 8.33. The Bertz CT molecular complexity index is 807. The lowest BCUT2D eigenvalue weighted by molar-refractivity contribution is 0.579. The first-order chi connectivity index (χ1) is 10.8. The number of hydrogen-bond donors (Lipinski definition) is 1. The van der Waals surface area contributed by atoms with Gasteiger partial charge in [0.05, 0.1) is 5.69 Å². The molecule has 23 heavy (non-hydrogen) atoms. The fraction of sp³-hybridized carbons (Fsp3) is 0.471. The van der Waals surface area contributed by atoms with E-state index in [0.29, 0.717) is 11.6 Å². The molecule has 0 saturated heterocycles. The Labute approximate surface area is 137 Å². The van der Waals surface area contributed by atoms with E-state index < -0.39 is 10.0 Å². The van der Waals surface area contributed by atoms with Gasteiger partial charge in [-0.3, -0.25) is 4.68 Å². The number of hydrogen-bond acceptors (Lipinski definition) is 3. The van der Waals surface area contributed by atoms with E-state index in [1.807, 2.05) is 0 Å². The van der Waals surface area contributed by atoms with Crippen LogP contribution in [-0.4, -0.2) is 24.2 Å². The Hall–Kier alpha value is -1.66. The summed E-state index contributed by atoms with van der Waals surface area (Å²) in [7, 11) is -1.78. The van der Waals surface area contributed by atoms with E-state index in [1.165, 1.54) is 15.8 Å². The number of rotatable bonds is 5. The molecule has 1 N–H and O–H groups in total. The van der Waals surface area contributed by atoms with Gasteiger partial charge in [0.25, 0.3) is 0 Å². The van der Waals surface area contributed by atoms with E-state index in [4.69, 9.17) is 0 Å². The molecule has 0 bridgehead atoms. The van der Waals surface area contributed by atoms with Crippen molar-refractivity contribution in [3.8, 4) is 0 Å². The summed E-state index contributed by atoms with van der Waals surface area (Å²) in [5.41, 5.74) is 3.03. The summed E-state index contributed by atoms with van der Waals surface area (Å²) in [6.45, 7) is 6.04. The summed E-state index contributed by atoms with van der Waals surface area (Å²) in [6, 6.07) is 8.47. The summed E-state index contributed by atoms with van der Waals surface area (Å²) in [5, 5.41) is 4.11. The van der Waals surface area contributed by atoms with Crippen LogP contribution in [0.5, 0.6) is 0 Å². The van der Waals surface area contributed by atoms with Gasteiger partial charge in [0, 0.05) is 25.2 Å². The predicted molar refractivity (Wildman–Crippen MR) is 89.9 cm³/mol. The third-order valence-corrected chi connectivity index (χ3v) is 5.98. The van der Waals surface area contributed by atoms with Gasteiger partial charge in [0.2, 0.25) is 10.0 Å². The van der Waals surface area contributed by atoms with Gasteiger partial charge in [-0.05, 0) is 30.4 Å². The number of nitrogens with one attached hydrogen (secondary N) is 1. The minimum atomic E-state index is -3.50. The molecule has 5 nitrogen and oxygen atoms in total. The molecule has 1 aromatic heterocycles. The quantitative estimate of drug-likeness (QED) is 0.915. The zero-order valence-corrected chi connectivity index (χ0v) is 14.8. The van der Waals surface area contributed by atoms with E-state index in [0.717, 1.165) is 6.42 Å². The molecule has 0 amide bonds. The molecular formula is C17H23N3O2S. The van der Waals surface area contributed by atoms with E-state index in [1.54, 1.807) is 20.2 Å². The molecule has 2 aromatic rings. The molecule has 0 radical (unpaired) electrons. The van der Waals surface area contributed by atoms with Crippen LogP contribution in [0.3, 0.4) is 0 Å². The Morgan fingerprint density at radius 3 is 2.43 bits per heavy atom. The summed E-state index contributed by atoms with van der Waals surface area (Å²) in [6.07, 6.45) is 2.39. The fourth-order valence-electron chi connectivity index (χ4n) is 2.93. The molecule has 6 heteroatoms. The smallest absolute Gasteiger partial charge is 0.244 e. The highest BCUT2D eigenvalue weighted by atomic mass is 32.2. The Kier molecular flexibility index (Phi) is 4.06. The average molecular weight is 333 g/mol. The topological polar surface area (TPSA) is 64.0 Å². The van der Waals surface area contributed by atoms with Crippen LogP contribution >= 0.6 is 0 Å². The van der Waals surface area contributed by atoms with Crippen LogP contribution in [0.1, 0.15) is 48.9 Å². The largest absolute Gasteiger partial charge is 0.274 e. The van der Waals surface area contributed by atoms with Crippen molar-refractivity contribution in [2.45, 2.75) is 50.0 Å². The van der Waals surface area contributed by atoms with Crippen molar-refractivity contribution in [3.05, 3.63) is 47.3 Å². The second-order valence-electron chi connectivity index (χ2n) is 6.64. The molecule has 1 aliphatic rings. The Balaban J connectivity index is 1.70. The van der Waals surface area contributed by atoms with Gasteiger partial charge in [-0.2, -0.15) is 5.10 Å². The molecule has 1 aromatic carbocycles. The van der Waals surface area contributed by atoms with Gasteiger partial charge in [-0.15, -0.1) is 0 Å². The normalized spacial score (nSPS) is 20.9. The van der Waals surface area contributed by atoms with Crippen LogP contribution in [0.15, 0.2) is 35.4 Å². The van der Waals surface area contributed by atoms with Gasteiger partial charge >= 0.3 is 0 Å². The number of aryl methyl sites for hydroxylation is 2. The zero-order chi connectivity index (χ0) is 16.8. The summed E-state index contributed by atoms with van der Waals surface area (Å²) in [5.74, 6) is 0.772. The van der Waals surface area contributed by atoms with Crippen molar-refractivity contribution in [1.82, 2.24) is 14.5 Å². The maximum Gasteiger partial charge on any atom is 0.244 e. The van der Waals surface area contributed by atoms with E-state index in [9.17, 15) is 8.42 Å². The van der Waals surface area contributed by atoms with Crippen LogP contribution in [0.25, 0.3) is 0 Å². The Morgan fingerprint density at radius 2 is 1.91 bits per heavy atom. The van der Waals surface area contributed by atoms with Crippen LogP contribution in [-0.2, 0) is 17.1 Å². The van der Waals surface area contributed by atoms with Crippen LogP contribution in [0.4, 0.5) is 0 Å². The van der Waals surface area contributed by atoms with Crippen LogP contribution < -0.4 is 4.72 Å². The third-order valence-electron chi connectivity index (χ3n) is 4.39. The van der Waals surface area contributed by atoms with Crippen molar-refractivity contribution in [2.75, 3.05) is 0 Å². The van der Waals surface area contributed by atoms with E-state index >= 15 is 0 Å². The molecule has 0 aliphatic heterocycles. The van der Waals surface area contributed by atoms with E-state index in [2.05, 4.69) is 47.9 Å². The lowest BCUT2D eigenvalue weighted by atomic mass is 10.0. The molecule has 1 saturated carbocycles. The first kappa shape index (κ1) is 16.2. The molecule has 3 rings (SSSR count). The van der Waals surface area contributed by atoms with Gasteiger partial charge in [-0.1, -0.05) is 38.1 Å². The third kappa shape index (κ3) is 3.33. The van der Waals surface area contributed by atoms with Crippen molar-refractivity contribution in [3.63, 3.8) is 0 Å². The van der Waals surface area contributed by atoms with Gasteiger partial charge in [-0.25, -0.2) is 13.1 Å². The summed E-state index contributed by atoms with van der Waals surface area (Å²) < 4.78 is 29.3. The monoisotopic (exact) mass is 333 g/mol. The highest BCUT2D eigenvalue weighted by Gasteiger charge is 2.41. The minimum Gasteiger partial charge on any atom is -0.274 e. The standard InChI is InChI=1S/C17H23N3O2S/c1-11(2)13-5-7-14(8-6-13)15-9-16(15)19-23(21,22)17-10-20(4)18-12(17)3/h5-8,10-11,15-16,19H,9H2,1-4H3/t15-,16+/m0/s1. The first-order valence-corrected chi connectivity index (χ1v) is 9.38. The number of sulfonamides is 1. The van der Waals surface area contributed by atoms with Crippen molar-refractivity contribution < 1.29 is 8.42 Å². The highest BCUT2D eigenvalue weighted by molar-refractivity contribution is 7.89. The molecule has 0 unspecified atom stereocenters. The highest BCUT2D eigenvalue weighted by Crippen LogP contribution is 2.42. The lowest BCUT2D eigenvalue weighted by Gasteiger charge is -2.08. The van der Waals surface area contributed by atoms with E-state index in [-0.39, 0.29) is 16.9 Å². The van der Waals surface area contributed by atoms with Crippen molar-refractivity contribution in [2.24, 2.45) is 7.05 Å². The first-order valence-electron chi connectivity index (χ1n) is 7.90. The van der Waals surface area contributed by atoms with Crippen molar-refractivity contribution >= 4 is 10.0 Å². The van der Waals surface area contributed by atoms with Crippen LogP contribution in [0, 0.1) is 6.92 Å². The number of benzene rings is 1. The molecule has 1 aliphatic carbocycles. The SMILES string of the molecule is Cc1nn(C)cc1S(=O)(=O)N[C@@H]1C[C@H]1c1ccc(C(C)C)cc1. The zero-order valence-electron chi connectivity index (χ0n) is 13.9. The fourth-order valence-corrected chi connectivity index (χ4v) is 4.43. The Morgan fingerprint density at radius 1 is 1.26 bits per heavy atom. The molecule has 1 heterocycles. The van der Waals surface area contributed by atoms with Gasteiger partial charge in [0.1, 0.15) is 4.90 Å². The molecular weight excluding hydrogens is 310 g/mol. The lowest BCUT2D eigenvalue weighted by Crippen LogP contribution is -2.27. The number of nitrogens with zero attached hydrogens (tertiary/aromatic N) is 2. The van der Waals surface area contributed by atoms with Crippen molar-refractivity contribution in [1.29, 1.82) is 0 Å². The maximum atomic E-state index is 12.5. The average Bonchev–Trinajstić information content (AvgIpc) is 3.13. The molecule has 124 valence electrons. The van der Waals surface area contributed by atoms with Gasteiger partial charge < -0.3 is 0 Å². The summed E-state index contributed by atoms with van der Waals surface area (Å²) >= 11 is 0. The second kappa shape index (κ2) is 5.76. The predicted octanol–water partition coefficient (Wildman–Crippen LogP) is 2.69. The molecule has 2 atom stereocenters. The van der Waals surface area contributed by atoms with Crippen LogP contribution in [0.2, 0.25) is 0 Å². The van der Waals surface area contributed by atoms with Gasteiger partial charge in [0.15, 0.2) is 0 Å². The molecule has 0 spiro atoms. The maximum absolute atomic E-state index is 12.5. The molecule has 1 fully saturated rings. The number of aromatic nitrogens is 2. The minimum absolute atomic E-state index is 0.0236.